The van der Waals surface area contributed by atoms with Gasteiger partial charge in [-0.3, -0.25) is 4.21 Å². The Labute approximate surface area is 88.0 Å². The SMILES string of the molecule is CC(N)CS(=O)C(C)c1ccccc1. The lowest BCUT2D eigenvalue weighted by molar-refractivity contribution is 0.669. The Hall–Kier alpha value is -0.670. The average Bonchev–Trinajstić information content (AvgIpc) is 2.17. The second-order valence-corrected chi connectivity index (χ2v) is 5.38. The van der Waals surface area contributed by atoms with Crippen LogP contribution in [0.4, 0.5) is 0 Å². The molecule has 0 bridgehead atoms. The maximum absolute atomic E-state index is 11.8. The highest BCUT2D eigenvalue weighted by atomic mass is 32.2. The lowest BCUT2D eigenvalue weighted by Crippen LogP contribution is -2.24. The summed E-state index contributed by atoms with van der Waals surface area (Å²) in [6.45, 7) is 3.86. The molecule has 3 atom stereocenters. The van der Waals surface area contributed by atoms with E-state index < -0.39 is 10.8 Å². The van der Waals surface area contributed by atoms with Gasteiger partial charge in [0.15, 0.2) is 0 Å². The van der Waals surface area contributed by atoms with E-state index in [0.717, 1.165) is 5.56 Å². The summed E-state index contributed by atoms with van der Waals surface area (Å²) in [6.07, 6.45) is 0. The largest absolute Gasteiger partial charge is 0.327 e. The zero-order valence-corrected chi connectivity index (χ0v) is 9.46. The molecule has 0 spiro atoms. The van der Waals surface area contributed by atoms with Crippen LogP contribution >= 0.6 is 0 Å². The normalized spacial score (nSPS) is 17.4. The van der Waals surface area contributed by atoms with Crippen molar-refractivity contribution in [1.29, 1.82) is 0 Å². The van der Waals surface area contributed by atoms with E-state index in [1.54, 1.807) is 0 Å². The van der Waals surface area contributed by atoms with Crippen LogP contribution in [0.15, 0.2) is 30.3 Å². The van der Waals surface area contributed by atoms with Gasteiger partial charge in [-0.05, 0) is 19.4 Å². The first-order chi connectivity index (χ1) is 6.61. The first kappa shape index (κ1) is 11.4. The summed E-state index contributed by atoms with van der Waals surface area (Å²) in [5.41, 5.74) is 6.73. The van der Waals surface area contributed by atoms with Gasteiger partial charge in [0.05, 0.1) is 5.25 Å². The molecule has 1 rings (SSSR count). The molecule has 14 heavy (non-hydrogen) atoms. The van der Waals surface area contributed by atoms with Crippen LogP contribution in [0.25, 0.3) is 0 Å². The van der Waals surface area contributed by atoms with Gasteiger partial charge in [-0.25, -0.2) is 0 Å². The van der Waals surface area contributed by atoms with Crippen LogP contribution in [0.5, 0.6) is 0 Å². The molecular weight excluding hydrogens is 194 g/mol. The number of benzene rings is 1. The van der Waals surface area contributed by atoms with E-state index in [2.05, 4.69) is 0 Å². The minimum absolute atomic E-state index is 0.00185. The molecule has 0 heterocycles. The Kier molecular flexibility index (Phi) is 4.29. The van der Waals surface area contributed by atoms with E-state index in [1.165, 1.54) is 0 Å². The second-order valence-electron chi connectivity index (χ2n) is 3.58. The van der Waals surface area contributed by atoms with Crippen molar-refractivity contribution in [3.63, 3.8) is 0 Å². The minimum Gasteiger partial charge on any atom is -0.327 e. The zero-order chi connectivity index (χ0) is 10.6. The fourth-order valence-corrected chi connectivity index (χ4v) is 2.55. The highest BCUT2D eigenvalue weighted by Crippen LogP contribution is 2.18. The number of rotatable bonds is 4. The fourth-order valence-electron chi connectivity index (χ4n) is 1.28. The van der Waals surface area contributed by atoms with Crippen molar-refractivity contribution in [3.05, 3.63) is 35.9 Å². The highest BCUT2D eigenvalue weighted by molar-refractivity contribution is 7.85. The minimum atomic E-state index is -0.871. The van der Waals surface area contributed by atoms with Crippen LogP contribution in [0.3, 0.4) is 0 Å². The lowest BCUT2D eigenvalue weighted by Gasteiger charge is -2.13. The fraction of sp³-hybridized carbons (Fsp3) is 0.455. The van der Waals surface area contributed by atoms with Gasteiger partial charge in [-0.15, -0.1) is 0 Å². The van der Waals surface area contributed by atoms with Crippen molar-refractivity contribution >= 4 is 10.8 Å². The number of hydrogen-bond acceptors (Lipinski definition) is 2. The van der Waals surface area contributed by atoms with Crippen LogP contribution in [-0.4, -0.2) is 16.0 Å². The summed E-state index contributed by atoms with van der Waals surface area (Å²) in [5.74, 6) is 0.566. The zero-order valence-electron chi connectivity index (χ0n) is 8.64. The molecule has 1 aromatic rings. The molecule has 0 saturated carbocycles. The van der Waals surface area contributed by atoms with Crippen LogP contribution in [0.1, 0.15) is 24.7 Å². The van der Waals surface area contributed by atoms with E-state index in [9.17, 15) is 4.21 Å². The van der Waals surface area contributed by atoms with Crippen molar-refractivity contribution in [2.75, 3.05) is 5.75 Å². The van der Waals surface area contributed by atoms with E-state index in [0.29, 0.717) is 5.75 Å². The van der Waals surface area contributed by atoms with Crippen molar-refractivity contribution in [1.82, 2.24) is 0 Å². The molecule has 0 saturated heterocycles. The summed E-state index contributed by atoms with van der Waals surface area (Å²) in [6, 6.07) is 9.91. The summed E-state index contributed by atoms with van der Waals surface area (Å²) in [4.78, 5) is 0. The predicted molar refractivity (Wildman–Crippen MR) is 61.5 cm³/mol. The predicted octanol–water partition coefficient (Wildman–Crippen LogP) is 1.84. The summed E-state index contributed by atoms with van der Waals surface area (Å²) >= 11 is 0. The molecule has 0 aromatic heterocycles. The lowest BCUT2D eigenvalue weighted by atomic mass is 10.2. The third-order valence-corrected chi connectivity index (χ3v) is 4.01. The van der Waals surface area contributed by atoms with Gasteiger partial charge in [-0.2, -0.15) is 0 Å². The molecule has 0 aliphatic rings. The first-order valence-corrected chi connectivity index (χ1v) is 6.17. The molecule has 0 aliphatic carbocycles. The average molecular weight is 211 g/mol. The topological polar surface area (TPSA) is 43.1 Å². The van der Waals surface area contributed by atoms with E-state index in [1.807, 2.05) is 44.2 Å². The molecule has 3 unspecified atom stereocenters. The summed E-state index contributed by atoms with van der Waals surface area (Å²) in [7, 11) is -0.871. The van der Waals surface area contributed by atoms with Crippen molar-refractivity contribution < 1.29 is 4.21 Å². The molecule has 0 radical (unpaired) electrons. The quantitative estimate of drug-likeness (QED) is 0.826. The number of hydrogen-bond donors (Lipinski definition) is 1. The monoisotopic (exact) mass is 211 g/mol. The Balaban J connectivity index is 2.66. The van der Waals surface area contributed by atoms with Crippen molar-refractivity contribution in [2.45, 2.75) is 25.1 Å². The van der Waals surface area contributed by atoms with Gasteiger partial charge in [0.2, 0.25) is 0 Å². The molecule has 2 nitrogen and oxygen atoms in total. The Morgan fingerprint density at radius 2 is 1.86 bits per heavy atom. The standard InChI is InChI=1S/C11H17NOS/c1-9(12)8-14(13)10(2)11-6-4-3-5-7-11/h3-7,9-10H,8,12H2,1-2H3. The molecule has 0 aliphatic heterocycles. The molecule has 1 aromatic carbocycles. The third-order valence-electron chi connectivity index (χ3n) is 2.09. The van der Waals surface area contributed by atoms with Crippen LogP contribution < -0.4 is 5.73 Å². The van der Waals surface area contributed by atoms with Crippen LogP contribution in [0, 0.1) is 0 Å². The van der Waals surface area contributed by atoms with Gasteiger partial charge in [-0.1, -0.05) is 30.3 Å². The Bertz CT molecular complexity index is 297. The van der Waals surface area contributed by atoms with Crippen LogP contribution in [0.2, 0.25) is 0 Å². The van der Waals surface area contributed by atoms with E-state index >= 15 is 0 Å². The highest BCUT2D eigenvalue weighted by Gasteiger charge is 2.13. The van der Waals surface area contributed by atoms with Gasteiger partial charge < -0.3 is 5.73 Å². The molecule has 0 fully saturated rings. The molecule has 3 heteroatoms. The molecular formula is C11H17NOS. The molecule has 2 N–H and O–H groups in total. The van der Waals surface area contributed by atoms with E-state index in [4.69, 9.17) is 5.73 Å². The first-order valence-electron chi connectivity index (χ1n) is 4.79. The summed E-state index contributed by atoms with van der Waals surface area (Å²) < 4.78 is 11.8. The van der Waals surface area contributed by atoms with Crippen LogP contribution in [-0.2, 0) is 10.8 Å². The Morgan fingerprint density at radius 3 is 2.36 bits per heavy atom. The second kappa shape index (κ2) is 5.27. The third kappa shape index (κ3) is 3.24. The van der Waals surface area contributed by atoms with Gasteiger partial charge in [0, 0.05) is 22.6 Å². The maximum Gasteiger partial charge on any atom is 0.0569 e. The van der Waals surface area contributed by atoms with Gasteiger partial charge in [0.25, 0.3) is 0 Å². The maximum atomic E-state index is 11.8. The smallest absolute Gasteiger partial charge is 0.0569 e. The molecule has 78 valence electrons. The van der Waals surface area contributed by atoms with Gasteiger partial charge >= 0.3 is 0 Å². The van der Waals surface area contributed by atoms with Crippen molar-refractivity contribution in [2.24, 2.45) is 5.73 Å². The van der Waals surface area contributed by atoms with Crippen molar-refractivity contribution in [3.8, 4) is 0 Å². The summed E-state index contributed by atoms with van der Waals surface area (Å²) in [5, 5.41) is 0.0715. The molecule has 0 amide bonds. The van der Waals surface area contributed by atoms with E-state index in [-0.39, 0.29) is 11.3 Å². The van der Waals surface area contributed by atoms with Gasteiger partial charge in [0.1, 0.15) is 0 Å². The Morgan fingerprint density at radius 1 is 1.29 bits per heavy atom. The number of nitrogens with two attached hydrogens (primary N) is 1.